The van der Waals surface area contributed by atoms with Crippen LogP contribution in [-0.2, 0) is 6.42 Å². The number of hydrogen-bond donors (Lipinski definition) is 1. The van der Waals surface area contributed by atoms with E-state index in [1.165, 1.54) is 12.8 Å². The van der Waals surface area contributed by atoms with Crippen LogP contribution < -0.4 is 5.32 Å². The molecular formula is C18H30FN. The van der Waals surface area contributed by atoms with Gasteiger partial charge < -0.3 is 5.32 Å². The summed E-state index contributed by atoms with van der Waals surface area (Å²) in [5, 5.41) is 3.55. The van der Waals surface area contributed by atoms with E-state index in [9.17, 15) is 4.39 Å². The Morgan fingerprint density at radius 2 is 1.65 bits per heavy atom. The van der Waals surface area contributed by atoms with Crippen LogP contribution in [0.5, 0.6) is 0 Å². The van der Waals surface area contributed by atoms with Crippen molar-refractivity contribution in [2.45, 2.75) is 47.0 Å². The zero-order valence-corrected chi connectivity index (χ0v) is 13.5. The van der Waals surface area contributed by atoms with Crippen molar-refractivity contribution in [3.8, 4) is 0 Å². The van der Waals surface area contributed by atoms with Gasteiger partial charge in [0, 0.05) is 0 Å². The summed E-state index contributed by atoms with van der Waals surface area (Å²) in [7, 11) is 0. The molecule has 1 unspecified atom stereocenters. The van der Waals surface area contributed by atoms with Crippen LogP contribution >= 0.6 is 0 Å². The quantitative estimate of drug-likeness (QED) is 0.693. The molecule has 1 atom stereocenters. The fraction of sp³-hybridized carbons (Fsp3) is 0.667. The second-order valence-electron chi connectivity index (χ2n) is 6.18. The molecule has 0 bridgehead atoms. The molecule has 1 nitrogen and oxygen atoms in total. The van der Waals surface area contributed by atoms with E-state index in [0.717, 1.165) is 25.1 Å². The van der Waals surface area contributed by atoms with Gasteiger partial charge in [0.1, 0.15) is 5.82 Å². The van der Waals surface area contributed by atoms with Crippen LogP contribution in [-0.4, -0.2) is 13.1 Å². The summed E-state index contributed by atoms with van der Waals surface area (Å²) in [5.74, 6) is 1.77. The summed E-state index contributed by atoms with van der Waals surface area (Å²) in [6, 6.07) is 7.19. The Kier molecular flexibility index (Phi) is 7.83. The molecule has 0 aliphatic rings. The van der Waals surface area contributed by atoms with Crippen molar-refractivity contribution in [3.63, 3.8) is 0 Å². The Labute approximate surface area is 124 Å². The molecule has 1 aromatic rings. The molecule has 20 heavy (non-hydrogen) atoms. The molecule has 0 spiro atoms. The van der Waals surface area contributed by atoms with Gasteiger partial charge in [-0.25, -0.2) is 4.39 Å². The first-order chi connectivity index (χ1) is 9.58. The molecule has 114 valence electrons. The van der Waals surface area contributed by atoms with Crippen molar-refractivity contribution in [2.24, 2.45) is 17.8 Å². The topological polar surface area (TPSA) is 12.0 Å². The smallest absolute Gasteiger partial charge is 0.126 e. The van der Waals surface area contributed by atoms with Gasteiger partial charge in [0.25, 0.3) is 0 Å². The molecule has 0 saturated heterocycles. The summed E-state index contributed by atoms with van der Waals surface area (Å²) >= 11 is 0. The third-order valence-electron chi connectivity index (χ3n) is 4.11. The van der Waals surface area contributed by atoms with Crippen LogP contribution in [0.25, 0.3) is 0 Å². The van der Waals surface area contributed by atoms with Crippen molar-refractivity contribution in [1.29, 1.82) is 0 Å². The lowest BCUT2D eigenvalue weighted by Crippen LogP contribution is -2.32. The summed E-state index contributed by atoms with van der Waals surface area (Å²) in [6.45, 7) is 10.9. The number of hydrogen-bond acceptors (Lipinski definition) is 1. The molecule has 0 aliphatic carbocycles. The van der Waals surface area contributed by atoms with Crippen LogP contribution in [0.2, 0.25) is 0 Å². The van der Waals surface area contributed by atoms with Gasteiger partial charge in [-0.15, -0.1) is 0 Å². The predicted octanol–water partition coefficient (Wildman–Crippen LogP) is 4.67. The average molecular weight is 279 g/mol. The zero-order chi connectivity index (χ0) is 15.0. The highest BCUT2D eigenvalue weighted by atomic mass is 19.1. The molecule has 0 aliphatic heterocycles. The first-order valence-corrected chi connectivity index (χ1v) is 8.02. The normalized spacial score (nSPS) is 13.2. The van der Waals surface area contributed by atoms with Gasteiger partial charge in [-0.2, -0.15) is 0 Å². The van der Waals surface area contributed by atoms with Gasteiger partial charge in [-0.1, -0.05) is 58.7 Å². The first kappa shape index (κ1) is 17.2. The molecule has 0 heterocycles. The standard InChI is InChI=1S/C18H30FN/c1-5-15(6-2)17(13-20-12-14(3)4)11-16-9-7-8-10-18(16)19/h7-10,14-15,17,20H,5-6,11-13H2,1-4H3. The summed E-state index contributed by atoms with van der Waals surface area (Å²) < 4.78 is 13.9. The Balaban J connectivity index is 2.69. The third-order valence-corrected chi connectivity index (χ3v) is 4.11. The zero-order valence-electron chi connectivity index (χ0n) is 13.5. The molecule has 2 heteroatoms. The monoisotopic (exact) mass is 279 g/mol. The molecule has 0 radical (unpaired) electrons. The van der Waals surface area contributed by atoms with Crippen molar-refractivity contribution in [3.05, 3.63) is 35.6 Å². The summed E-state index contributed by atoms with van der Waals surface area (Å²) in [5.41, 5.74) is 0.857. The fourth-order valence-electron chi connectivity index (χ4n) is 2.86. The number of halogens is 1. The summed E-state index contributed by atoms with van der Waals surface area (Å²) in [4.78, 5) is 0. The number of rotatable bonds is 9. The largest absolute Gasteiger partial charge is 0.316 e. The summed E-state index contributed by atoms with van der Waals surface area (Å²) in [6.07, 6.45) is 3.17. The highest BCUT2D eigenvalue weighted by Crippen LogP contribution is 2.24. The minimum atomic E-state index is -0.0627. The van der Waals surface area contributed by atoms with Crippen molar-refractivity contribution < 1.29 is 4.39 Å². The Morgan fingerprint density at radius 1 is 1.00 bits per heavy atom. The predicted molar refractivity (Wildman–Crippen MR) is 85.4 cm³/mol. The van der Waals surface area contributed by atoms with E-state index in [2.05, 4.69) is 33.0 Å². The van der Waals surface area contributed by atoms with Crippen LogP contribution in [0.4, 0.5) is 4.39 Å². The minimum Gasteiger partial charge on any atom is -0.316 e. The molecule has 0 amide bonds. The SMILES string of the molecule is CCC(CC)C(CNCC(C)C)Cc1ccccc1F. The highest BCUT2D eigenvalue weighted by Gasteiger charge is 2.20. The molecule has 0 aromatic heterocycles. The van der Waals surface area contributed by atoms with Gasteiger partial charge in [0.05, 0.1) is 0 Å². The number of benzene rings is 1. The number of nitrogens with one attached hydrogen (secondary N) is 1. The maximum absolute atomic E-state index is 13.9. The van der Waals surface area contributed by atoms with Crippen molar-refractivity contribution in [2.75, 3.05) is 13.1 Å². The van der Waals surface area contributed by atoms with Crippen molar-refractivity contribution >= 4 is 0 Å². The lowest BCUT2D eigenvalue weighted by atomic mass is 9.83. The van der Waals surface area contributed by atoms with E-state index in [1.54, 1.807) is 12.1 Å². The third kappa shape index (κ3) is 5.62. The van der Waals surface area contributed by atoms with Crippen LogP contribution in [0.15, 0.2) is 24.3 Å². The molecule has 0 fully saturated rings. The average Bonchev–Trinajstić information content (AvgIpc) is 2.42. The molecule has 0 saturated carbocycles. The molecule has 1 rings (SSSR count). The van der Waals surface area contributed by atoms with Crippen LogP contribution in [0.1, 0.15) is 46.1 Å². The Hall–Kier alpha value is -0.890. The Bertz CT molecular complexity index is 371. The second-order valence-corrected chi connectivity index (χ2v) is 6.18. The highest BCUT2D eigenvalue weighted by molar-refractivity contribution is 5.18. The van der Waals surface area contributed by atoms with Gasteiger partial charge >= 0.3 is 0 Å². The lowest BCUT2D eigenvalue weighted by molar-refractivity contribution is 0.291. The van der Waals surface area contributed by atoms with Gasteiger partial charge in [-0.3, -0.25) is 0 Å². The lowest BCUT2D eigenvalue weighted by Gasteiger charge is -2.26. The molecular weight excluding hydrogens is 249 g/mol. The van der Waals surface area contributed by atoms with Gasteiger partial charge in [-0.05, 0) is 48.9 Å². The maximum atomic E-state index is 13.9. The second kappa shape index (κ2) is 9.12. The van der Waals surface area contributed by atoms with E-state index in [-0.39, 0.29) is 5.82 Å². The van der Waals surface area contributed by atoms with E-state index < -0.39 is 0 Å². The van der Waals surface area contributed by atoms with E-state index >= 15 is 0 Å². The van der Waals surface area contributed by atoms with E-state index in [0.29, 0.717) is 17.8 Å². The van der Waals surface area contributed by atoms with Crippen LogP contribution in [0, 0.1) is 23.6 Å². The van der Waals surface area contributed by atoms with E-state index in [1.807, 2.05) is 12.1 Å². The fourth-order valence-corrected chi connectivity index (χ4v) is 2.86. The first-order valence-electron chi connectivity index (χ1n) is 8.02. The van der Waals surface area contributed by atoms with Gasteiger partial charge in [0.2, 0.25) is 0 Å². The van der Waals surface area contributed by atoms with E-state index in [4.69, 9.17) is 0 Å². The minimum absolute atomic E-state index is 0.0627. The van der Waals surface area contributed by atoms with Crippen LogP contribution in [0.3, 0.4) is 0 Å². The maximum Gasteiger partial charge on any atom is 0.126 e. The molecule has 1 aromatic carbocycles. The Morgan fingerprint density at radius 3 is 2.20 bits per heavy atom. The molecule has 1 N–H and O–H groups in total. The van der Waals surface area contributed by atoms with Crippen molar-refractivity contribution in [1.82, 2.24) is 5.32 Å². The van der Waals surface area contributed by atoms with Gasteiger partial charge in [0.15, 0.2) is 0 Å².